The monoisotopic (exact) mass is 1930 g/mol. The molecule has 6 N–H and O–H groups in total. The summed E-state index contributed by atoms with van der Waals surface area (Å²) >= 11 is 0. The topological polar surface area (TPSA) is 349 Å². The predicted octanol–water partition coefficient (Wildman–Crippen LogP) is 19.9. The molecule has 8 aliphatic heterocycles. The lowest BCUT2D eigenvalue weighted by Crippen LogP contribution is -2.29. The molecule has 0 saturated heterocycles. The average molecular weight is 1930 g/mol. The van der Waals surface area contributed by atoms with Crippen LogP contribution in [0.5, 0.6) is 69.0 Å². The van der Waals surface area contributed by atoms with Crippen molar-refractivity contribution in [3.8, 4) is 69.0 Å². The van der Waals surface area contributed by atoms with Crippen molar-refractivity contribution in [1.29, 1.82) is 0 Å². The maximum Gasteiger partial charge on any atom is 0.416 e. The highest BCUT2D eigenvalue weighted by Crippen LogP contribution is 2.65. The Kier molecular flexibility index (Phi) is 24.0. The van der Waals surface area contributed by atoms with E-state index in [0.29, 0.717) is 156 Å². The summed E-state index contributed by atoms with van der Waals surface area (Å²) in [5, 5.41) is 11.1. The Morgan fingerprint density at radius 3 is 1.01 bits per heavy atom. The summed E-state index contributed by atoms with van der Waals surface area (Å²) in [5.41, 5.74) is 11.3. The first-order valence-corrected chi connectivity index (χ1v) is 46.8. The lowest BCUT2D eigenvalue weighted by molar-refractivity contribution is -0.138. The molecule has 13 aliphatic rings. The summed E-state index contributed by atoms with van der Waals surface area (Å²) < 4.78 is 167. The Balaban J connectivity index is 0.000000112. The zero-order chi connectivity index (χ0) is 98.0. The molecule has 5 aromatic heterocycles. The minimum absolute atomic E-state index is 0.00468. The molecule has 724 valence electrons. The van der Waals surface area contributed by atoms with Gasteiger partial charge in [0, 0.05) is 211 Å². The number of nitrogens with two attached hydrogens (primary N) is 1. The van der Waals surface area contributed by atoms with Crippen LogP contribution in [0.25, 0.3) is 0 Å². The fourth-order valence-electron chi connectivity index (χ4n) is 20.5. The Labute approximate surface area is 800 Å². The highest BCUT2D eigenvalue weighted by Gasteiger charge is 2.63. The van der Waals surface area contributed by atoms with E-state index in [4.69, 9.17) is 43.6 Å². The van der Waals surface area contributed by atoms with E-state index in [2.05, 4.69) is 46.2 Å². The molecule has 12 atom stereocenters. The number of nitrogens with zero attached hydrogens (tertiary/aromatic N) is 5. The number of amides is 4. The third kappa shape index (κ3) is 20.1. The van der Waals surface area contributed by atoms with Gasteiger partial charge in [0.15, 0.2) is 0 Å². The number of hydrogen-bond acceptors (Lipinski definition) is 22. The van der Waals surface area contributed by atoms with Crippen molar-refractivity contribution < 1.29 is 116 Å². The number of Topliss-reactive ketones (excluding diaryl/α,β-unsaturated/α-hetero) is 4. The van der Waals surface area contributed by atoms with Gasteiger partial charge in [-0.1, -0.05) is 24.3 Å². The molecule has 5 saturated carbocycles. The summed E-state index contributed by atoms with van der Waals surface area (Å²) in [6.07, 6.45) is 1.70. The van der Waals surface area contributed by atoms with E-state index < -0.39 is 40.8 Å². The first-order valence-electron chi connectivity index (χ1n) is 46.8. The molecule has 11 aromatic rings. The number of nitrogens with one attached hydrogen (secondary N) is 4. The number of aromatic nitrogens is 5. The summed E-state index contributed by atoms with van der Waals surface area (Å²) in [4.78, 5) is 118. The molecule has 35 heteroatoms. The van der Waals surface area contributed by atoms with Gasteiger partial charge in [0.05, 0.1) is 16.7 Å². The number of carbonyl (C=O) groups is 8. The van der Waals surface area contributed by atoms with Gasteiger partial charge in [-0.25, -0.2) is 19.9 Å². The highest BCUT2D eigenvalue weighted by atomic mass is 19.4. The van der Waals surface area contributed by atoms with Crippen LogP contribution in [-0.2, 0) is 107 Å². The zero-order valence-corrected chi connectivity index (χ0v) is 75.8. The molecular formula is C106H91F9N10O16. The number of benzene rings is 6. The average Bonchev–Trinajstić information content (AvgIpc) is 1.57. The van der Waals surface area contributed by atoms with Crippen LogP contribution in [0.4, 0.5) is 62.8 Å². The van der Waals surface area contributed by atoms with Crippen molar-refractivity contribution in [2.24, 2.45) is 35.3 Å². The molecule has 5 fully saturated rings. The van der Waals surface area contributed by atoms with Crippen molar-refractivity contribution in [2.75, 3.05) is 21.3 Å². The smallest absolute Gasteiger partial charge is 0.416 e. The summed E-state index contributed by atoms with van der Waals surface area (Å²) in [6.45, 7) is 3.26. The van der Waals surface area contributed by atoms with Gasteiger partial charge in [-0.3, -0.25) is 43.3 Å². The SMILES string of the molecule is CC(C)(N)c1cc(CC(=O)C[C@@H]2[C@H]3Oc4ccc(Oc5ccnc6c5CCC(=O)N6)cc4[C@@H]23)cc(C(F)(F)F)c1.O=C(CC1CC1)C[C@@H]1[C@H]2Oc3ccc(Oc4ccnc5c4CCC(=O)N5)cc3[C@@H]12.O=C(Cc1cc(C(F)(F)F)ccn1)C[C@H]1[C@@H]2Oc3ccc(Oc4ccnc5c4CCC(=O)N5)cc3[C@H]12.O=C(Cc1cccc(C(F)(F)F)c1)C[C@H]1[C@@H]2Oc3ccc(Oc4ccnc5c4CCC(=O)N5)cc3[C@H]12. The van der Waals surface area contributed by atoms with E-state index in [1.165, 1.54) is 18.9 Å². The molecule has 13 heterocycles. The van der Waals surface area contributed by atoms with E-state index in [9.17, 15) is 77.9 Å². The minimum Gasteiger partial charge on any atom is -0.489 e. The molecule has 24 rings (SSSR count). The number of hydrogen-bond donors (Lipinski definition) is 5. The number of ether oxygens (including phenoxy) is 8. The minimum atomic E-state index is -4.53. The fraction of sp³-hybridized carbons (Fsp3) is 0.349. The van der Waals surface area contributed by atoms with Gasteiger partial charge in [0.1, 0.15) is 140 Å². The number of carbonyl (C=O) groups excluding carboxylic acids is 8. The summed E-state index contributed by atoms with van der Waals surface area (Å²) in [5.74, 6) is 11.4. The first-order chi connectivity index (χ1) is 67.5. The Hall–Kier alpha value is -14.6. The van der Waals surface area contributed by atoms with E-state index in [1.807, 2.05) is 72.8 Å². The molecule has 141 heavy (non-hydrogen) atoms. The van der Waals surface area contributed by atoms with E-state index in [1.54, 1.807) is 75.0 Å². The van der Waals surface area contributed by atoms with Crippen LogP contribution >= 0.6 is 0 Å². The second-order valence-electron chi connectivity index (χ2n) is 38.6. The van der Waals surface area contributed by atoms with Crippen LogP contribution in [0.1, 0.15) is 192 Å². The zero-order valence-electron chi connectivity index (χ0n) is 75.8. The Bertz CT molecular complexity index is 6720. The van der Waals surface area contributed by atoms with Gasteiger partial charge in [0.2, 0.25) is 23.6 Å². The first kappa shape index (κ1) is 92.7. The Morgan fingerprint density at radius 1 is 0.348 bits per heavy atom. The fourth-order valence-corrected chi connectivity index (χ4v) is 20.5. The number of fused-ring (bicyclic) bond motifs is 16. The molecular weight excluding hydrogens is 1840 g/mol. The number of alkyl halides is 9. The standard InChI is InChI=1S/C30H28F3N3O4.C27H21F3N2O4.C26H20F3N3O4.C23H22N2O4/c1-29(2,34)16-9-15(10-17(12-16)30(31,32)33)11-18(37)13-22-26-21-14-19(3-5-23(21)40-27(22)26)39-24-7-8-35-28-20(24)4-6-25(38)36-28;28-27(29,30)15-3-1-2-14(10-15)11-16(33)12-20-24-19-13-17(4-6-21(19)36-25(20)24)35-22-8-9-31-26-18(22)5-7-23(34)32-26;27-26(28,29)13-5-7-30-14(9-13)10-15(33)11-19-23-18-12-16(1-3-20(18)36-24(19)23)35-21-6-8-31-25-17(21)2-4-22(34)32-25;26-13(9-12-1-2-12)10-17-21-16-11-14(3-5-18(16)29-22(17)21)28-19-7-8-24-23-15(19)4-6-20(27)25-23/h3,5,7-10,12,14,22,26-27H,4,6,11,13,34H2,1-2H3,(H,35,36,38);1-4,6,8-10,13,20,24-25H,5,7,11-12H2,(H,31,32,34);1,3,5-9,12,19,23-24H,2,4,10-11H2,(H,31,32,34);3,5,7-8,11-12,17,21-22H,1-2,4,6,9-10H2,(H,24,25,27)/t22-,26-,27+;20-,24-,25+;19-,23-,24+;17-,21-,22+/m0110/s1. The molecule has 0 unspecified atom stereocenters. The largest absolute Gasteiger partial charge is 0.489 e. The van der Waals surface area contributed by atoms with Gasteiger partial charge in [-0.15, -0.1) is 0 Å². The van der Waals surface area contributed by atoms with Gasteiger partial charge >= 0.3 is 18.5 Å². The van der Waals surface area contributed by atoms with Gasteiger partial charge in [0.25, 0.3) is 0 Å². The maximum atomic E-state index is 13.5. The van der Waals surface area contributed by atoms with Gasteiger partial charge in [-0.2, -0.15) is 39.5 Å². The third-order valence-corrected chi connectivity index (χ3v) is 27.9. The predicted molar refractivity (Wildman–Crippen MR) is 490 cm³/mol. The highest BCUT2D eigenvalue weighted by molar-refractivity contribution is 5.96. The van der Waals surface area contributed by atoms with Crippen molar-refractivity contribution in [3.05, 3.63) is 266 Å². The second-order valence-corrected chi connectivity index (χ2v) is 38.6. The Morgan fingerprint density at radius 2 is 0.667 bits per heavy atom. The lowest BCUT2D eigenvalue weighted by Gasteiger charge is -2.22. The quantitative estimate of drug-likeness (QED) is 0.0332. The van der Waals surface area contributed by atoms with Crippen LogP contribution in [0.3, 0.4) is 0 Å². The second kappa shape index (κ2) is 36.5. The summed E-state index contributed by atoms with van der Waals surface area (Å²) in [7, 11) is 0. The molecule has 5 aliphatic carbocycles. The van der Waals surface area contributed by atoms with E-state index in [0.717, 1.165) is 128 Å². The van der Waals surface area contributed by atoms with Crippen molar-refractivity contribution in [3.63, 3.8) is 0 Å². The van der Waals surface area contributed by atoms with Crippen molar-refractivity contribution in [1.82, 2.24) is 24.9 Å². The molecule has 0 spiro atoms. The van der Waals surface area contributed by atoms with E-state index in [-0.39, 0.29) is 145 Å². The van der Waals surface area contributed by atoms with Gasteiger partial charge in [-0.05, 0) is 202 Å². The number of ketones is 4. The van der Waals surface area contributed by atoms with Crippen LogP contribution in [0, 0.1) is 29.6 Å². The van der Waals surface area contributed by atoms with Crippen molar-refractivity contribution >= 4 is 70.0 Å². The normalized spacial score (nSPS) is 22.3. The number of anilines is 4. The van der Waals surface area contributed by atoms with Gasteiger partial charge < -0.3 is 64.9 Å². The number of halogens is 9. The maximum absolute atomic E-state index is 13.5. The van der Waals surface area contributed by atoms with Crippen LogP contribution in [0.2, 0.25) is 0 Å². The number of rotatable bonds is 25. The summed E-state index contributed by atoms with van der Waals surface area (Å²) in [6, 6.07) is 40.0. The molecule has 6 aromatic carbocycles. The molecule has 4 amide bonds. The van der Waals surface area contributed by atoms with Crippen LogP contribution in [-0.4, -0.2) is 96.1 Å². The number of pyridine rings is 5. The molecule has 0 radical (unpaired) electrons. The third-order valence-electron chi connectivity index (χ3n) is 27.9. The van der Waals surface area contributed by atoms with Crippen LogP contribution < -0.4 is 64.9 Å². The van der Waals surface area contributed by atoms with E-state index >= 15 is 0 Å². The van der Waals surface area contributed by atoms with Crippen LogP contribution in [0.15, 0.2) is 183 Å². The lowest BCUT2D eigenvalue weighted by atomic mass is 9.90. The molecule has 26 nitrogen and oxygen atoms in total. The molecule has 0 bridgehead atoms. The van der Waals surface area contributed by atoms with Crippen molar-refractivity contribution in [2.45, 2.75) is 202 Å².